The number of aryl methyl sites for hydroxylation is 1. The maximum Gasteiger partial charge on any atom is 0.192 e. The van der Waals surface area contributed by atoms with Gasteiger partial charge in [0.05, 0.1) is 6.10 Å². The van der Waals surface area contributed by atoms with Crippen LogP contribution in [0.25, 0.3) is 0 Å². The fourth-order valence-electron chi connectivity index (χ4n) is 3.07. The van der Waals surface area contributed by atoms with Crippen molar-refractivity contribution in [2.75, 3.05) is 26.7 Å². The summed E-state index contributed by atoms with van der Waals surface area (Å²) >= 11 is 0. The average Bonchev–Trinajstić information content (AvgIpc) is 2.91. The smallest absolute Gasteiger partial charge is 0.192 e. The van der Waals surface area contributed by atoms with Gasteiger partial charge in [0.25, 0.3) is 0 Å². The van der Waals surface area contributed by atoms with E-state index in [0.717, 1.165) is 26.1 Å². The SMILES string of the molecule is CN[C@@H](CN1CC[C@H](O[Si](C)(C)C(C)(C)C)C1)c1ccc(C)cc1. The highest BCUT2D eigenvalue weighted by molar-refractivity contribution is 6.74. The Bertz CT molecular complexity index is 521. The first-order chi connectivity index (χ1) is 11.1. The number of hydrogen-bond acceptors (Lipinski definition) is 3. The Hall–Kier alpha value is -0.683. The van der Waals surface area contributed by atoms with Gasteiger partial charge in [0, 0.05) is 25.7 Å². The lowest BCUT2D eigenvalue weighted by atomic mass is 10.0. The molecule has 0 spiro atoms. The summed E-state index contributed by atoms with van der Waals surface area (Å²) in [7, 11) is 0.399. The van der Waals surface area contributed by atoms with Gasteiger partial charge in [-0.1, -0.05) is 50.6 Å². The van der Waals surface area contributed by atoms with Gasteiger partial charge in [-0.05, 0) is 44.1 Å². The Morgan fingerprint density at radius 3 is 2.42 bits per heavy atom. The minimum Gasteiger partial charge on any atom is -0.413 e. The lowest BCUT2D eigenvalue weighted by Gasteiger charge is -2.38. The van der Waals surface area contributed by atoms with Crippen molar-refractivity contribution in [1.29, 1.82) is 0 Å². The van der Waals surface area contributed by atoms with Crippen LogP contribution in [0.15, 0.2) is 24.3 Å². The van der Waals surface area contributed by atoms with Crippen molar-refractivity contribution >= 4 is 8.32 Å². The molecule has 0 amide bonds. The summed E-state index contributed by atoms with van der Waals surface area (Å²) < 4.78 is 6.61. The summed E-state index contributed by atoms with van der Waals surface area (Å²) in [6.07, 6.45) is 1.57. The summed E-state index contributed by atoms with van der Waals surface area (Å²) in [5, 5.41) is 3.77. The first-order valence-electron chi connectivity index (χ1n) is 9.26. The third-order valence-corrected chi connectivity index (χ3v) is 10.3. The van der Waals surface area contributed by atoms with E-state index in [1.165, 1.54) is 11.1 Å². The zero-order valence-corrected chi connectivity index (χ0v) is 17.6. The van der Waals surface area contributed by atoms with E-state index in [2.05, 4.69) is 82.3 Å². The summed E-state index contributed by atoms with van der Waals surface area (Å²) in [5.74, 6) is 0. The Morgan fingerprint density at radius 1 is 1.25 bits per heavy atom. The molecule has 2 rings (SSSR count). The predicted octanol–water partition coefficient (Wildman–Crippen LogP) is 4.35. The van der Waals surface area contributed by atoms with Crippen molar-refractivity contribution in [1.82, 2.24) is 10.2 Å². The van der Waals surface area contributed by atoms with E-state index < -0.39 is 8.32 Å². The van der Waals surface area contributed by atoms with Crippen molar-refractivity contribution in [2.24, 2.45) is 0 Å². The number of likely N-dealkylation sites (N-methyl/N-ethyl adjacent to an activating group) is 1. The molecule has 0 bridgehead atoms. The maximum atomic E-state index is 6.61. The third kappa shape index (κ3) is 4.91. The van der Waals surface area contributed by atoms with E-state index in [4.69, 9.17) is 4.43 Å². The van der Waals surface area contributed by atoms with Crippen LogP contribution in [0, 0.1) is 6.92 Å². The van der Waals surface area contributed by atoms with Crippen molar-refractivity contribution in [3.63, 3.8) is 0 Å². The predicted molar refractivity (Wildman–Crippen MR) is 106 cm³/mol. The summed E-state index contributed by atoms with van der Waals surface area (Å²) in [6.45, 7) is 17.1. The Kier molecular flexibility index (Phi) is 6.29. The monoisotopic (exact) mass is 348 g/mol. The van der Waals surface area contributed by atoms with Crippen molar-refractivity contribution in [2.45, 2.75) is 64.4 Å². The maximum absolute atomic E-state index is 6.61. The Balaban J connectivity index is 1.92. The number of benzene rings is 1. The quantitative estimate of drug-likeness (QED) is 0.774. The van der Waals surface area contributed by atoms with Gasteiger partial charge in [-0.2, -0.15) is 0 Å². The van der Waals surface area contributed by atoms with Gasteiger partial charge in [0.2, 0.25) is 0 Å². The van der Waals surface area contributed by atoms with Crippen LogP contribution in [0.1, 0.15) is 44.4 Å². The minimum absolute atomic E-state index is 0.288. The summed E-state index contributed by atoms with van der Waals surface area (Å²) in [5.41, 5.74) is 2.69. The van der Waals surface area contributed by atoms with Gasteiger partial charge in [0.15, 0.2) is 8.32 Å². The number of nitrogens with zero attached hydrogens (tertiary/aromatic N) is 1. The molecular weight excluding hydrogens is 312 g/mol. The molecule has 0 saturated carbocycles. The first-order valence-corrected chi connectivity index (χ1v) is 12.2. The lowest BCUT2D eigenvalue weighted by Crippen LogP contribution is -2.44. The second-order valence-corrected chi connectivity index (χ2v) is 13.6. The molecule has 136 valence electrons. The first kappa shape index (κ1) is 19.6. The standard InChI is InChI=1S/C20H36N2OSi/c1-16-8-10-17(11-9-16)19(21-5)15-22-13-12-18(14-22)23-24(6,7)20(2,3)4/h8-11,18-19,21H,12-15H2,1-7H3/t18-,19-/m0/s1. The van der Waals surface area contributed by atoms with Crippen LogP contribution in [0.5, 0.6) is 0 Å². The molecule has 1 aliphatic heterocycles. The zero-order valence-electron chi connectivity index (χ0n) is 16.6. The number of likely N-dealkylation sites (tertiary alicyclic amines) is 1. The van der Waals surface area contributed by atoms with Crippen molar-refractivity contribution in [3.05, 3.63) is 35.4 Å². The molecule has 1 aliphatic rings. The number of nitrogens with one attached hydrogen (secondary N) is 1. The molecule has 1 heterocycles. The second kappa shape index (κ2) is 7.69. The van der Waals surface area contributed by atoms with E-state index in [0.29, 0.717) is 12.1 Å². The topological polar surface area (TPSA) is 24.5 Å². The van der Waals surface area contributed by atoms with E-state index in [1.54, 1.807) is 0 Å². The van der Waals surface area contributed by atoms with Crippen LogP contribution in [0.2, 0.25) is 18.1 Å². The van der Waals surface area contributed by atoms with Gasteiger partial charge < -0.3 is 9.74 Å². The lowest BCUT2D eigenvalue weighted by molar-refractivity contribution is 0.177. The van der Waals surface area contributed by atoms with Crippen LogP contribution in [0.4, 0.5) is 0 Å². The minimum atomic E-state index is -1.66. The highest BCUT2D eigenvalue weighted by atomic mass is 28.4. The second-order valence-electron chi connectivity index (χ2n) is 8.80. The molecule has 0 unspecified atom stereocenters. The van der Waals surface area contributed by atoms with Crippen LogP contribution in [-0.4, -0.2) is 46.0 Å². The highest BCUT2D eigenvalue weighted by Crippen LogP contribution is 2.38. The molecule has 0 aliphatic carbocycles. The normalized spacial score (nSPS) is 21.2. The van der Waals surface area contributed by atoms with Crippen LogP contribution in [-0.2, 0) is 4.43 Å². The molecule has 0 radical (unpaired) electrons. The van der Waals surface area contributed by atoms with Crippen LogP contribution < -0.4 is 5.32 Å². The van der Waals surface area contributed by atoms with Gasteiger partial charge in [0.1, 0.15) is 0 Å². The largest absolute Gasteiger partial charge is 0.413 e. The van der Waals surface area contributed by atoms with E-state index in [9.17, 15) is 0 Å². The summed E-state index contributed by atoms with van der Waals surface area (Å²) in [6, 6.07) is 9.28. The number of hydrogen-bond donors (Lipinski definition) is 1. The van der Waals surface area contributed by atoms with Gasteiger partial charge in [-0.15, -0.1) is 0 Å². The van der Waals surface area contributed by atoms with Crippen LogP contribution >= 0.6 is 0 Å². The fraction of sp³-hybridized carbons (Fsp3) is 0.700. The molecule has 24 heavy (non-hydrogen) atoms. The third-order valence-electron chi connectivity index (χ3n) is 5.77. The Labute approximate surface area is 149 Å². The average molecular weight is 349 g/mol. The molecule has 1 N–H and O–H groups in total. The molecule has 1 saturated heterocycles. The molecular formula is C20H36N2OSi. The zero-order chi connectivity index (χ0) is 18.0. The number of rotatable bonds is 6. The molecule has 2 atom stereocenters. The molecule has 3 nitrogen and oxygen atoms in total. The van der Waals surface area contributed by atoms with Gasteiger partial charge in [-0.3, -0.25) is 4.90 Å². The van der Waals surface area contributed by atoms with Crippen molar-refractivity contribution < 1.29 is 4.43 Å². The molecule has 1 aromatic rings. The van der Waals surface area contributed by atoms with E-state index in [1.807, 2.05) is 0 Å². The van der Waals surface area contributed by atoms with Gasteiger partial charge >= 0.3 is 0 Å². The molecule has 1 aromatic carbocycles. The molecule has 1 fully saturated rings. The Morgan fingerprint density at radius 2 is 1.88 bits per heavy atom. The highest BCUT2D eigenvalue weighted by Gasteiger charge is 2.40. The summed E-state index contributed by atoms with van der Waals surface area (Å²) in [4.78, 5) is 2.55. The molecule has 0 aromatic heterocycles. The van der Waals surface area contributed by atoms with E-state index in [-0.39, 0.29) is 5.04 Å². The molecule has 4 heteroatoms. The fourth-order valence-corrected chi connectivity index (χ4v) is 4.45. The van der Waals surface area contributed by atoms with Crippen molar-refractivity contribution in [3.8, 4) is 0 Å². The van der Waals surface area contributed by atoms with Crippen LogP contribution in [0.3, 0.4) is 0 Å². The van der Waals surface area contributed by atoms with Gasteiger partial charge in [-0.25, -0.2) is 0 Å². The van der Waals surface area contributed by atoms with E-state index >= 15 is 0 Å².